The molecule has 0 bridgehead atoms. The number of pyridine rings is 1. The van der Waals surface area contributed by atoms with E-state index in [0.717, 1.165) is 22.2 Å². The van der Waals surface area contributed by atoms with Gasteiger partial charge in [-0.05, 0) is 24.1 Å². The van der Waals surface area contributed by atoms with Crippen LogP contribution in [0.25, 0.3) is 10.9 Å². The second-order valence-corrected chi connectivity index (χ2v) is 5.14. The number of para-hydroxylation sites is 1. The molecule has 118 valence electrons. The monoisotopic (exact) mass is 310 g/mol. The van der Waals surface area contributed by atoms with Gasteiger partial charge in [-0.2, -0.15) is 5.10 Å². The van der Waals surface area contributed by atoms with Crippen LogP contribution >= 0.6 is 0 Å². The normalized spacial score (nSPS) is 10.6. The molecule has 2 N–H and O–H groups in total. The van der Waals surface area contributed by atoms with Gasteiger partial charge in [-0.3, -0.25) is 14.9 Å². The first-order valence-corrected chi connectivity index (χ1v) is 7.54. The molecule has 0 spiro atoms. The second kappa shape index (κ2) is 7.40. The average Bonchev–Trinajstić information content (AvgIpc) is 3.10. The Balaban J connectivity index is 1.43. The molecule has 2 heterocycles. The number of nitrogens with one attached hydrogen (secondary N) is 2. The van der Waals surface area contributed by atoms with Gasteiger partial charge in [0.25, 0.3) is 0 Å². The summed E-state index contributed by atoms with van der Waals surface area (Å²) in [5.74, 6) is 0.738. The van der Waals surface area contributed by atoms with E-state index < -0.39 is 0 Å². The minimum absolute atomic E-state index is 0.00541. The number of fused-ring (bicyclic) bond motifs is 1. The molecule has 3 aromatic rings. The lowest BCUT2D eigenvalue weighted by Gasteiger charge is -2.09. The van der Waals surface area contributed by atoms with Crippen molar-refractivity contribution in [3.05, 3.63) is 54.5 Å². The molecule has 1 amide bonds. The van der Waals surface area contributed by atoms with Crippen molar-refractivity contribution in [2.45, 2.75) is 12.8 Å². The molecule has 0 radical (unpaired) electrons. The fraction of sp³-hybridized carbons (Fsp3) is 0.235. The number of H-pyrrole nitrogens is 1. The molecule has 0 aliphatic carbocycles. The topological polar surface area (TPSA) is 79.9 Å². The molecule has 0 aliphatic heterocycles. The molecule has 0 aliphatic rings. The number of carbonyl (C=O) groups is 1. The number of ether oxygens (including phenoxy) is 1. The van der Waals surface area contributed by atoms with Gasteiger partial charge in [-0.1, -0.05) is 18.2 Å². The van der Waals surface area contributed by atoms with E-state index in [1.165, 1.54) is 0 Å². The molecule has 0 atom stereocenters. The third-order valence-electron chi connectivity index (χ3n) is 3.47. The highest BCUT2D eigenvalue weighted by Gasteiger charge is 2.04. The average molecular weight is 310 g/mol. The number of amides is 1. The lowest BCUT2D eigenvalue weighted by atomic mass is 10.2. The molecule has 0 unspecified atom stereocenters. The molecule has 23 heavy (non-hydrogen) atoms. The number of aromatic nitrogens is 3. The third-order valence-corrected chi connectivity index (χ3v) is 3.47. The van der Waals surface area contributed by atoms with Crippen LogP contribution in [0, 0.1) is 0 Å². The first-order valence-electron chi connectivity index (χ1n) is 7.54. The Hall–Kier alpha value is -2.89. The van der Waals surface area contributed by atoms with Crippen LogP contribution in [0.1, 0.15) is 12.0 Å². The highest BCUT2D eigenvalue weighted by molar-refractivity contribution is 5.84. The van der Waals surface area contributed by atoms with E-state index in [0.29, 0.717) is 26.0 Å². The number of rotatable bonds is 7. The number of carbonyl (C=O) groups excluding carboxylic acids is 1. The van der Waals surface area contributed by atoms with Crippen molar-refractivity contribution >= 4 is 16.8 Å². The Morgan fingerprint density at radius 3 is 3.04 bits per heavy atom. The third kappa shape index (κ3) is 4.06. The largest absolute Gasteiger partial charge is 0.489 e. The van der Waals surface area contributed by atoms with Gasteiger partial charge < -0.3 is 10.1 Å². The number of benzene rings is 1. The van der Waals surface area contributed by atoms with E-state index in [2.05, 4.69) is 20.5 Å². The summed E-state index contributed by atoms with van der Waals surface area (Å²) in [6.45, 7) is 0.876. The zero-order valence-corrected chi connectivity index (χ0v) is 12.7. The molecular weight excluding hydrogens is 292 g/mol. The quantitative estimate of drug-likeness (QED) is 0.655. The maximum atomic E-state index is 11.8. The SMILES string of the molecule is O=C(CCc1cn[nH]c1)NCCOc1cccc2cccnc12. The molecule has 6 heteroatoms. The Labute approximate surface area is 133 Å². The van der Waals surface area contributed by atoms with Gasteiger partial charge in [0.05, 0.1) is 12.7 Å². The standard InChI is InChI=1S/C17H18N4O2/c22-16(7-6-13-11-20-21-12-13)18-9-10-23-15-5-1-3-14-4-2-8-19-17(14)15/h1-5,8,11-12H,6-7,9-10H2,(H,18,22)(H,20,21). The number of hydrogen-bond acceptors (Lipinski definition) is 4. The Kier molecular flexibility index (Phi) is 4.83. The Bertz CT molecular complexity index is 766. The Morgan fingerprint density at radius 1 is 1.26 bits per heavy atom. The number of nitrogens with zero attached hydrogens (tertiary/aromatic N) is 2. The second-order valence-electron chi connectivity index (χ2n) is 5.14. The van der Waals surface area contributed by atoms with E-state index in [-0.39, 0.29) is 5.91 Å². The lowest BCUT2D eigenvalue weighted by Crippen LogP contribution is -2.28. The highest BCUT2D eigenvalue weighted by atomic mass is 16.5. The van der Waals surface area contributed by atoms with Crippen LogP contribution < -0.4 is 10.1 Å². The number of hydrogen-bond donors (Lipinski definition) is 2. The van der Waals surface area contributed by atoms with Crippen LogP contribution in [0.2, 0.25) is 0 Å². The van der Waals surface area contributed by atoms with Gasteiger partial charge in [-0.15, -0.1) is 0 Å². The summed E-state index contributed by atoms with van der Waals surface area (Å²) in [5, 5.41) is 10.5. The maximum Gasteiger partial charge on any atom is 0.220 e. The van der Waals surface area contributed by atoms with Crippen molar-refractivity contribution in [2.75, 3.05) is 13.2 Å². The molecule has 6 nitrogen and oxygen atoms in total. The molecule has 0 saturated carbocycles. The summed E-state index contributed by atoms with van der Waals surface area (Å²) in [7, 11) is 0. The van der Waals surface area contributed by atoms with Crippen LogP contribution in [-0.4, -0.2) is 34.2 Å². The molecule has 3 rings (SSSR count). The summed E-state index contributed by atoms with van der Waals surface area (Å²) in [5.41, 5.74) is 1.86. The van der Waals surface area contributed by atoms with Crippen molar-refractivity contribution in [3.63, 3.8) is 0 Å². The van der Waals surface area contributed by atoms with E-state index in [1.54, 1.807) is 18.6 Å². The van der Waals surface area contributed by atoms with Crippen LogP contribution in [0.4, 0.5) is 0 Å². The minimum Gasteiger partial charge on any atom is -0.489 e. The van der Waals surface area contributed by atoms with Gasteiger partial charge in [0.1, 0.15) is 17.9 Å². The van der Waals surface area contributed by atoms with Crippen LogP contribution in [-0.2, 0) is 11.2 Å². The van der Waals surface area contributed by atoms with E-state index >= 15 is 0 Å². The molecule has 0 saturated heterocycles. The highest BCUT2D eigenvalue weighted by Crippen LogP contribution is 2.22. The summed E-state index contributed by atoms with van der Waals surface area (Å²) in [4.78, 5) is 16.1. The van der Waals surface area contributed by atoms with Crippen molar-refractivity contribution in [3.8, 4) is 5.75 Å². The fourth-order valence-electron chi connectivity index (χ4n) is 2.30. The zero-order chi connectivity index (χ0) is 15.9. The van der Waals surface area contributed by atoms with Gasteiger partial charge in [0.2, 0.25) is 5.91 Å². The first-order chi connectivity index (χ1) is 11.3. The van der Waals surface area contributed by atoms with E-state index in [4.69, 9.17) is 4.74 Å². The van der Waals surface area contributed by atoms with E-state index in [9.17, 15) is 4.79 Å². The summed E-state index contributed by atoms with van der Waals surface area (Å²) >= 11 is 0. The number of aromatic amines is 1. The van der Waals surface area contributed by atoms with Gasteiger partial charge in [0.15, 0.2) is 0 Å². The molecule has 1 aromatic carbocycles. The van der Waals surface area contributed by atoms with E-state index in [1.807, 2.05) is 30.3 Å². The lowest BCUT2D eigenvalue weighted by molar-refractivity contribution is -0.121. The smallest absolute Gasteiger partial charge is 0.220 e. The molecule has 2 aromatic heterocycles. The molecule has 0 fully saturated rings. The predicted molar refractivity (Wildman–Crippen MR) is 87.2 cm³/mol. The summed E-state index contributed by atoms with van der Waals surface area (Å²) in [6, 6.07) is 9.70. The van der Waals surface area contributed by atoms with Gasteiger partial charge in [-0.25, -0.2) is 0 Å². The van der Waals surface area contributed by atoms with Gasteiger partial charge in [0, 0.05) is 24.2 Å². The maximum absolute atomic E-state index is 11.8. The van der Waals surface area contributed by atoms with Crippen molar-refractivity contribution in [1.29, 1.82) is 0 Å². The fourth-order valence-corrected chi connectivity index (χ4v) is 2.30. The first kappa shape index (κ1) is 15.0. The van der Waals surface area contributed by atoms with Crippen molar-refractivity contribution in [2.24, 2.45) is 0 Å². The molecular formula is C17H18N4O2. The van der Waals surface area contributed by atoms with Crippen LogP contribution in [0.15, 0.2) is 48.9 Å². The summed E-state index contributed by atoms with van der Waals surface area (Å²) < 4.78 is 5.73. The summed E-state index contributed by atoms with van der Waals surface area (Å²) in [6.07, 6.45) is 6.38. The van der Waals surface area contributed by atoms with Crippen LogP contribution in [0.3, 0.4) is 0 Å². The minimum atomic E-state index is 0.00541. The van der Waals surface area contributed by atoms with Gasteiger partial charge >= 0.3 is 0 Å². The van der Waals surface area contributed by atoms with Crippen molar-refractivity contribution in [1.82, 2.24) is 20.5 Å². The van der Waals surface area contributed by atoms with Crippen LogP contribution in [0.5, 0.6) is 5.75 Å². The zero-order valence-electron chi connectivity index (χ0n) is 12.7. The predicted octanol–water partition coefficient (Wildman–Crippen LogP) is 2.09. The number of aryl methyl sites for hydroxylation is 1. The Morgan fingerprint density at radius 2 is 2.17 bits per heavy atom. The van der Waals surface area contributed by atoms with Crippen molar-refractivity contribution < 1.29 is 9.53 Å².